The first-order valence-corrected chi connectivity index (χ1v) is 4.88. The van der Waals surface area contributed by atoms with Crippen LogP contribution in [0.3, 0.4) is 0 Å². The van der Waals surface area contributed by atoms with Gasteiger partial charge in [0.15, 0.2) is 0 Å². The average Bonchev–Trinajstić information content (AvgIpc) is 2.16. The fraction of sp³-hybridized carbons (Fsp3) is 0.417. The van der Waals surface area contributed by atoms with E-state index in [1.807, 2.05) is 6.92 Å². The Balaban J connectivity index is 2.46. The highest BCUT2D eigenvalue weighted by molar-refractivity contribution is 5.69. The molecule has 0 aliphatic carbocycles. The summed E-state index contributed by atoms with van der Waals surface area (Å²) in [5.74, 6) is -0.964. The van der Waals surface area contributed by atoms with Crippen LogP contribution in [0.4, 0.5) is 0 Å². The van der Waals surface area contributed by atoms with E-state index in [2.05, 4.69) is 24.3 Å². The molecule has 0 radical (unpaired) electrons. The molecule has 2 heteroatoms. The van der Waals surface area contributed by atoms with Gasteiger partial charge in [0.1, 0.15) is 0 Å². The molecular formula is C12H16O2. The lowest BCUT2D eigenvalue weighted by atomic mass is 10.0. The second kappa shape index (κ2) is 4.80. The van der Waals surface area contributed by atoms with E-state index in [1.165, 1.54) is 11.1 Å². The summed E-state index contributed by atoms with van der Waals surface area (Å²) < 4.78 is 0. The lowest BCUT2D eigenvalue weighted by molar-refractivity contribution is -0.141. The molecule has 1 aromatic carbocycles. The van der Waals surface area contributed by atoms with Crippen molar-refractivity contribution in [2.75, 3.05) is 0 Å². The minimum atomic E-state index is -0.711. The van der Waals surface area contributed by atoms with Crippen molar-refractivity contribution in [3.05, 3.63) is 35.4 Å². The Morgan fingerprint density at radius 3 is 2.43 bits per heavy atom. The van der Waals surface area contributed by atoms with E-state index < -0.39 is 5.97 Å². The third-order valence-corrected chi connectivity index (χ3v) is 2.41. The van der Waals surface area contributed by atoms with Gasteiger partial charge in [0.05, 0.1) is 5.92 Å². The van der Waals surface area contributed by atoms with Crippen molar-refractivity contribution < 1.29 is 9.90 Å². The number of aliphatic carboxylic acids is 1. The van der Waals surface area contributed by atoms with Crippen LogP contribution in [0.1, 0.15) is 24.5 Å². The average molecular weight is 192 g/mol. The molecule has 1 N–H and O–H groups in total. The van der Waals surface area contributed by atoms with Crippen LogP contribution >= 0.6 is 0 Å². The van der Waals surface area contributed by atoms with Gasteiger partial charge in [0, 0.05) is 0 Å². The minimum absolute atomic E-state index is 0.253. The molecular weight excluding hydrogens is 176 g/mol. The van der Waals surface area contributed by atoms with Gasteiger partial charge < -0.3 is 5.11 Å². The van der Waals surface area contributed by atoms with E-state index in [0.717, 1.165) is 6.42 Å². The van der Waals surface area contributed by atoms with Crippen LogP contribution in [0.2, 0.25) is 0 Å². The van der Waals surface area contributed by atoms with Crippen molar-refractivity contribution in [1.82, 2.24) is 0 Å². The van der Waals surface area contributed by atoms with Crippen LogP contribution in [0.15, 0.2) is 24.3 Å². The normalized spacial score (nSPS) is 12.4. The summed E-state index contributed by atoms with van der Waals surface area (Å²) >= 11 is 0. The monoisotopic (exact) mass is 192 g/mol. The molecule has 0 saturated carbocycles. The van der Waals surface area contributed by atoms with Crippen molar-refractivity contribution in [2.24, 2.45) is 5.92 Å². The standard InChI is InChI=1S/C12H16O2/c1-9-3-6-11(7-4-9)8-5-10(2)12(13)14/h3-4,6-7,10H,5,8H2,1-2H3,(H,13,14). The summed E-state index contributed by atoms with van der Waals surface area (Å²) in [6, 6.07) is 8.23. The van der Waals surface area contributed by atoms with E-state index in [9.17, 15) is 4.79 Å². The number of hydrogen-bond acceptors (Lipinski definition) is 1. The molecule has 1 unspecified atom stereocenters. The summed E-state index contributed by atoms with van der Waals surface area (Å²) in [6.07, 6.45) is 1.55. The molecule has 0 amide bonds. The first-order valence-electron chi connectivity index (χ1n) is 4.88. The largest absolute Gasteiger partial charge is 0.481 e. The van der Waals surface area contributed by atoms with Crippen molar-refractivity contribution in [3.63, 3.8) is 0 Å². The Bertz CT molecular complexity index is 301. The third kappa shape index (κ3) is 3.21. The van der Waals surface area contributed by atoms with E-state index in [1.54, 1.807) is 6.92 Å². The van der Waals surface area contributed by atoms with E-state index in [0.29, 0.717) is 6.42 Å². The summed E-state index contributed by atoms with van der Waals surface area (Å²) in [6.45, 7) is 3.79. The predicted octanol–water partition coefficient (Wildman–Crippen LogP) is 2.65. The third-order valence-electron chi connectivity index (χ3n) is 2.41. The maximum absolute atomic E-state index is 10.6. The summed E-state index contributed by atoms with van der Waals surface area (Å²) in [7, 11) is 0. The van der Waals surface area contributed by atoms with Crippen LogP contribution in [0.5, 0.6) is 0 Å². The molecule has 0 aliphatic heterocycles. The molecule has 1 rings (SSSR count). The van der Waals surface area contributed by atoms with E-state index >= 15 is 0 Å². The molecule has 0 spiro atoms. The van der Waals surface area contributed by atoms with E-state index in [-0.39, 0.29) is 5.92 Å². The Hall–Kier alpha value is -1.31. The highest BCUT2D eigenvalue weighted by Crippen LogP contribution is 2.10. The number of carboxylic acids is 1. The van der Waals surface area contributed by atoms with Crippen LogP contribution in [0.25, 0.3) is 0 Å². The van der Waals surface area contributed by atoms with Gasteiger partial charge in [-0.15, -0.1) is 0 Å². The van der Waals surface area contributed by atoms with Crippen LogP contribution in [-0.2, 0) is 11.2 Å². The first-order chi connectivity index (χ1) is 6.59. The van der Waals surface area contributed by atoms with Crippen LogP contribution in [0, 0.1) is 12.8 Å². The SMILES string of the molecule is Cc1ccc(CCC(C)C(=O)O)cc1. The summed E-state index contributed by atoms with van der Waals surface area (Å²) in [5, 5.41) is 8.70. The van der Waals surface area contributed by atoms with Crippen molar-refractivity contribution in [1.29, 1.82) is 0 Å². The molecule has 1 atom stereocenters. The molecule has 2 nitrogen and oxygen atoms in total. The molecule has 0 fully saturated rings. The number of hydrogen-bond donors (Lipinski definition) is 1. The molecule has 0 bridgehead atoms. The van der Waals surface area contributed by atoms with E-state index in [4.69, 9.17) is 5.11 Å². The number of benzene rings is 1. The number of carboxylic acid groups (broad SMARTS) is 1. The van der Waals surface area contributed by atoms with Crippen molar-refractivity contribution in [2.45, 2.75) is 26.7 Å². The van der Waals surface area contributed by atoms with Crippen molar-refractivity contribution in [3.8, 4) is 0 Å². The summed E-state index contributed by atoms with van der Waals surface area (Å²) in [4.78, 5) is 10.6. The number of aryl methyl sites for hydroxylation is 2. The Morgan fingerprint density at radius 2 is 1.93 bits per heavy atom. The lowest BCUT2D eigenvalue weighted by Gasteiger charge is -2.05. The minimum Gasteiger partial charge on any atom is -0.481 e. The predicted molar refractivity (Wildman–Crippen MR) is 56.3 cm³/mol. The zero-order valence-electron chi connectivity index (χ0n) is 8.66. The number of carbonyl (C=O) groups is 1. The fourth-order valence-corrected chi connectivity index (χ4v) is 1.26. The molecule has 14 heavy (non-hydrogen) atoms. The summed E-state index contributed by atoms with van der Waals surface area (Å²) in [5.41, 5.74) is 2.45. The Morgan fingerprint density at radius 1 is 1.36 bits per heavy atom. The van der Waals surface area contributed by atoms with Gasteiger partial charge in [-0.3, -0.25) is 4.79 Å². The Kier molecular flexibility index (Phi) is 3.69. The zero-order valence-corrected chi connectivity index (χ0v) is 8.66. The van der Waals surface area contributed by atoms with Gasteiger partial charge in [-0.05, 0) is 25.3 Å². The first kappa shape index (κ1) is 10.8. The van der Waals surface area contributed by atoms with Gasteiger partial charge in [-0.25, -0.2) is 0 Å². The topological polar surface area (TPSA) is 37.3 Å². The van der Waals surface area contributed by atoms with Gasteiger partial charge in [-0.2, -0.15) is 0 Å². The van der Waals surface area contributed by atoms with Gasteiger partial charge in [0.2, 0.25) is 0 Å². The smallest absolute Gasteiger partial charge is 0.306 e. The second-order valence-corrected chi connectivity index (χ2v) is 3.76. The molecule has 1 aromatic rings. The number of rotatable bonds is 4. The van der Waals surface area contributed by atoms with Gasteiger partial charge in [-0.1, -0.05) is 36.8 Å². The lowest BCUT2D eigenvalue weighted by Crippen LogP contribution is -2.10. The van der Waals surface area contributed by atoms with Gasteiger partial charge >= 0.3 is 5.97 Å². The highest BCUT2D eigenvalue weighted by Gasteiger charge is 2.09. The molecule has 0 saturated heterocycles. The molecule has 0 aliphatic rings. The second-order valence-electron chi connectivity index (χ2n) is 3.76. The highest BCUT2D eigenvalue weighted by atomic mass is 16.4. The molecule has 76 valence electrons. The Labute approximate surface area is 84.6 Å². The fourth-order valence-electron chi connectivity index (χ4n) is 1.26. The maximum atomic E-state index is 10.6. The zero-order chi connectivity index (χ0) is 10.6. The van der Waals surface area contributed by atoms with Crippen molar-refractivity contribution >= 4 is 5.97 Å². The van der Waals surface area contributed by atoms with Crippen LogP contribution in [-0.4, -0.2) is 11.1 Å². The molecule has 0 aromatic heterocycles. The van der Waals surface area contributed by atoms with Gasteiger partial charge in [0.25, 0.3) is 0 Å². The molecule has 0 heterocycles. The maximum Gasteiger partial charge on any atom is 0.306 e. The van der Waals surface area contributed by atoms with Crippen LogP contribution < -0.4 is 0 Å². The quantitative estimate of drug-likeness (QED) is 0.796.